The fraction of sp³-hybridized carbons (Fsp3) is 0.333. The molecule has 1 aromatic carbocycles. The Morgan fingerprint density at radius 2 is 2.36 bits per heavy atom. The first kappa shape index (κ1) is 9.23. The van der Waals surface area contributed by atoms with Crippen LogP contribution < -0.4 is 0 Å². The van der Waals surface area contributed by atoms with Crippen molar-refractivity contribution in [1.82, 2.24) is 0 Å². The van der Waals surface area contributed by atoms with Gasteiger partial charge in [0.1, 0.15) is 11.9 Å². The molecule has 0 N–H and O–H groups in total. The predicted octanol–water partition coefficient (Wildman–Crippen LogP) is 2.36. The molecule has 2 rings (SSSR count). The number of hydrogen-bond donors (Lipinski definition) is 0. The Balaban J connectivity index is 2.08. The molecule has 1 atom stereocenters. The average Bonchev–Trinajstić information content (AvgIpc) is 2.67. The zero-order valence-corrected chi connectivity index (χ0v) is 7.79. The molecular formula is C12H11FO. The monoisotopic (exact) mass is 190 g/mol. The van der Waals surface area contributed by atoms with E-state index in [-0.39, 0.29) is 11.9 Å². The SMILES string of the molecule is Fc1cccc(C#CC2CCCO2)c1. The van der Waals surface area contributed by atoms with Crippen molar-refractivity contribution < 1.29 is 9.13 Å². The van der Waals surface area contributed by atoms with Gasteiger partial charge in [0.2, 0.25) is 0 Å². The first-order valence-corrected chi connectivity index (χ1v) is 4.73. The third-order valence-electron chi connectivity index (χ3n) is 2.13. The van der Waals surface area contributed by atoms with Gasteiger partial charge < -0.3 is 4.74 Å². The molecule has 1 aromatic rings. The van der Waals surface area contributed by atoms with Crippen LogP contribution in [0.4, 0.5) is 4.39 Å². The lowest BCUT2D eigenvalue weighted by Crippen LogP contribution is -1.99. The van der Waals surface area contributed by atoms with Crippen molar-refractivity contribution in [3.05, 3.63) is 35.6 Å². The maximum atomic E-state index is 12.8. The summed E-state index contributed by atoms with van der Waals surface area (Å²) >= 11 is 0. The maximum absolute atomic E-state index is 12.8. The Morgan fingerprint density at radius 3 is 3.07 bits per heavy atom. The van der Waals surface area contributed by atoms with E-state index in [9.17, 15) is 4.39 Å². The summed E-state index contributed by atoms with van der Waals surface area (Å²) in [6.07, 6.45) is 2.10. The van der Waals surface area contributed by atoms with Gasteiger partial charge in [-0.15, -0.1) is 0 Å². The van der Waals surface area contributed by atoms with E-state index in [2.05, 4.69) is 11.8 Å². The minimum atomic E-state index is -0.246. The van der Waals surface area contributed by atoms with E-state index in [4.69, 9.17) is 4.74 Å². The number of ether oxygens (including phenoxy) is 1. The van der Waals surface area contributed by atoms with Crippen LogP contribution in [0.5, 0.6) is 0 Å². The summed E-state index contributed by atoms with van der Waals surface area (Å²) < 4.78 is 18.1. The summed E-state index contributed by atoms with van der Waals surface area (Å²) in [6.45, 7) is 0.794. The molecule has 1 heterocycles. The van der Waals surface area contributed by atoms with Crippen LogP contribution in [0.25, 0.3) is 0 Å². The Kier molecular flexibility index (Phi) is 2.81. The largest absolute Gasteiger partial charge is 0.366 e. The molecule has 0 saturated carbocycles. The van der Waals surface area contributed by atoms with Crippen molar-refractivity contribution >= 4 is 0 Å². The van der Waals surface area contributed by atoms with E-state index in [1.54, 1.807) is 12.1 Å². The molecule has 1 aliphatic rings. The number of halogens is 1. The molecule has 1 aliphatic heterocycles. The first-order chi connectivity index (χ1) is 6.84. The van der Waals surface area contributed by atoms with Crippen LogP contribution >= 0.6 is 0 Å². The van der Waals surface area contributed by atoms with E-state index >= 15 is 0 Å². The van der Waals surface area contributed by atoms with Crippen molar-refractivity contribution in [2.45, 2.75) is 18.9 Å². The molecule has 0 amide bonds. The fourth-order valence-corrected chi connectivity index (χ4v) is 1.42. The van der Waals surface area contributed by atoms with Crippen molar-refractivity contribution in [2.75, 3.05) is 6.61 Å². The molecule has 0 radical (unpaired) electrons. The van der Waals surface area contributed by atoms with Gasteiger partial charge in [-0.3, -0.25) is 0 Å². The van der Waals surface area contributed by atoms with Gasteiger partial charge in [0.15, 0.2) is 0 Å². The lowest BCUT2D eigenvalue weighted by Gasteiger charge is -1.97. The molecule has 0 bridgehead atoms. The highest BCUT2D eigenvalue weighted by atomic mass is 19.1. The highest BCUT2D eigenvalue weighted by molar-refractivity contribution is 5.35. The molecule has 1 nitrogen and oxygen atoms in total. The molecule has 0 aromatic heterocycles. The Morgan fingerprint density at radius 1 is 1.43 bits per heavy atom. The summed E-state index contributed by atoms with van der Waals surface area (Å²) in [7, 11) is 0. The second-order valence-corrected chi connectivity index (χ2v) is 3.28. The van der Waals surface area contributed by atoms with Gasteiger partial charge in [-0.05, 0) is 31.0 Å². The highest BCUT2D eigenvalue weighted by Gasteiger charge is 2.11. The molecule has 14 heavy (non-hydrogen) atoms. The summed E-state index contributed by atoms with van der Waals surface area (Å²) in [5.41, 5.74) is 0.709. The number of hydrogen-bond acceptors (Lipinski definition) is 1. The van der Waals surface area contributed by atoms with E-state index < -0.39 is 0 Å². The zero-order valence-electron chi connectivity index (χ0n) is 7.79. The van der Waals surface area contributed by atoms with Crippen molar-refractivity contribution in [3.8, 4) is 11.8 Å². The summed E-state index contributed by atoms with van der Waals surface area (Å²) in [5, 5.41) is 0. The molecule has 1 saturated heterocycles. The van der Waals surface area contributed by atoms with E-state index in [0.717, 1.165) is 19.4 Å². The Labute approximate surface area is 82.9 Å². The van der Waals surface area contributed by atoms with Gasteiger partial charge in [-0.1, -0.05) is 17.9 Å². The third-order valence-corrected chi connectivity index (χ3v) is 2.13. The van der Waals surface area contributed by atoms with Gasteiger partial charge in [0, 0.05) is 12.2 Å². The quantitative estimate of drug-likeness (QED) is 0.570. The van der Waals surface area contributed by atoms with Crippen LogP contribution in [-0.4, -0.2) is 12.7 Å². The second kappa shape index (κ2) is 4.26. The summed E-state index contributed by atoms with van der Waals surface area (Å²) in [6, 6.07) is 6.30. The molecule has 0 aliphatic carbocycles. The number of rotatable bonds is 0. The molecule has 72 valence electrons. The van der Waals surface area contributed by atoms with Crippen LogP contribution in [-0.2, 0) is 4.74 Å². The highest BCUT2D eigenvalue weighted by Crippen LogP contribution is 2.11. The van der Waals surface area contributed by atoms with Gasteiger partial charge >= 0.3 is 0 Å². The second-order valence-electron chi connectivity index (χ2n) is 3.28. The first-order valence-electron chi connectivity index (χ1n) is 4.73. The topological polar surface area (TPSA) is 9.23 Å². The maximum Gasteiger partial charge on any atom is 0.124 e. The lowest BCUT2D eigenvalue weighted by atomic mass is 10.2. The van der Waals surface area contributed by atoms with Crippen LogP contribution in [0.2, 0.25) is 0 Å². The van der Waals surface area contributed by atoms with Gasteiger partial charge in [0.05, 0.1) is 0 Å². The van der Waals surface area contributed by atoms with E-state index in [0.29, 0.717) is 5.56 Å². The lowest BCUT2D eigenvalue weighted by molar-refractivity contribution is 0.152. The van der Waals surface area contributed by atoms with Crippen molar-refractivity contribution in [3.63, 3.8) is 0 Å². The minimum absolute atomic E-state index is 0.0401. The molecule has 1 fully saturated rings. The number of benzene rings is 1. The average molecular weight is 190 g/mol. The van der Waals surface area contributed by atoms with Gasteiger partial charge in [-0.25, -0.2) is 4.39 Å². The molecule has 1 unspecified atom stereocenters. The smallest absolute Gasteiger partial charge is 0.124 e. The Bertz CT molecular complexity index is 369. The van der Waals surface area contributed by atoms with E-state index in [1.807, 2.05) is 0 Å². The predicted molar refractivity (Wildman–Crippen MR) is 52.3 cm³/mol. The van der Waals surface area contributed by atoms with Crippen LogP contribution in [0, 0.1) is 17.7 Å². The van der Waals surface area contributed by atoms with Crippen LogP contribution in [0.3, 0.4) is 0 Å². The molecule has 2 heteroatoms. The van der Waals surface area contributed by atoms with E-state index in [1.165, 1.54) is 12.1 Å². The van der Waals surface area contributed by atoms with Crippen molar-refractivity contribution in [2.24, 2.45) is 0 Å². The standard InChI is InChI=1S/C12H11FO/c13-11-4-1-3-10(9-11)6-7-12-5-2-8-14-12/h1,3-4,9,12H,2,5,8H2. The minimum Gasteiger partial charge on any atom is -0.366 e. The molecular weight excluding hydrogens is 179 g/mol. The fourth-order valence-electron chi connectivity index (χ4n) is 1.42. The summed E-state index contributed by atoms with van der Waals surface area (Å²) in [4.78, 5) is 0. The third kappa shape index (κ3) is 2.34. The van der Waals surface area contributed by atoms with Crippen LogP contribution in [0.15, 0.2) is 24.3 Å². The van der Waals surface area contributed by atoms with Crippen molar-refractivity contribution in [1.29, 1.82) is 0 Å². The van der Waals surface area contributed by atoms with Crippen LogP contribution in [0.1, 0.15) is 18.4 Å². The van der Waals surface area contributed by atoms with Gasteiger partial charge in [-0.2, -0.15) is 0 Å². The zero-order chi connectivity index (χ0) is 9.80. The summed E-state index contributed by atoms with van der Waals surface area (Å²) in [5.74, 6) is 5.65. The Hall–Kier alpha value is -1.33. The molecule has 0 spiro atoms. The normalized spacial score (nSPS) is 20.2. The van der Waals surface area contributed by atoms with Gasteiger partial charge in [0.25, 0.3) is 0 Å².